The SMILES string of the molecule is COCCC(C)(C)CNCc1ccc([N+](=O)[O-])o1. The summed E-state index contributed by atoms with van der Waals surface area (Å²) in [5.74, 6) is 0.356. The molecule has 1 rings (SSSR count). The van der Waals surface area contributed by atoms with E-state index < -0.39 is 4.92 Å². The van der Waals surface area contributed by atoms with Gasteiger partial charge in [-0.05, 0) is 17.9 Å². The average molecular weight is 256 g/mol. The number of ether oxygens (including phenoxy) is 1. The van der Waals surface area contributed by atoms with Gasteiger partial charge in [0.1, 0.15) is 10.7 Å². The number of nitrogens with zero attached hydrogens (tertiary/aromatic N) is 1. The first-order valence-corrected chi connectivity index (χ1v) is 5.87. The van der Waals surface area contributed by atoms with Gasteiger partial charge in [0.15, 0.2) is 0 Å². The van der Waals surface area contributed by atoms with E-state index in [-0.39, 0.29) is 11.3 Å². The predicted octanol–water partition coefficient (Wildman–Crippen LogP) is 2.34. The molecule has 18 heavy (non-hydrogen) atoms. The Morgan fingerprint density at radius 2 is 2.22 bits per heavy atom. The van der Waals surface area contributed by atoms with Gasteiger partial charge in [0.05, 0.1) is 12.6 Å². The van der Waals surface area contributed by atoms with Crippen LogP contribution in [-0.4, -0.2) is 25.2 Å². The zero-order chi connectivity index (χ0) is 13.6. The molecular weight excluding hydrogens is 236 g/mol. The third kappa shape index (κ3) is 4.85. The molecule has 1 heterocycles. The Morgan fingerprint density at radius 3 is 2.78 bits per heavy atom. The molecular formula is C12H20N2O4. The smallest absolute Gasteiger partial charge is 0.404 e. The normalized spacial score (nSPS) is 11.7. The number of nitro groups is 1. The number of hydrogen-bond acceptors (Lipinski definition) is 5. The van der Waals surface area contributed by atoms with Crippen molar-refractivity contribution in [3.05, 3.63) is 28.0 Å². The Labute approximate surface area is 106 Å². The molecule has 0 aliphatic carbocycles. The molecule has 0 aliphatic rings. The van der Waals surface area contributed by atoms with Crippen molar-refractivity contribution in [1.29, 1.82) is 0 Å². The molecule has 0 bridgehead atoms. The van der Waals surface area contributed by atoms with E-state index in [0.29, 0.717) is 12.3 Å². The van der Waals surface area contributed by atoms with Crippen LogP contribution in [0.5, 0.6) is 0 Å². The van der Waals surface area contributed by atoms with Gasteiger partial charge in [0, 0.05) is 20.3 Å². The van der Waals surface area contributed by atoms with Gasteiger partial charge >= 0.3 is 5.88 Å². The summed E-state index contributed by atoms with van der Waals surface area (Å²) in [6, 6.07) is 2.99. The van der Waals surface area contributed by atoms with Crippen LogP contribution >= 0.6 is 0 Å². The van der Waals surface area contributed by atoms with Gasteiger partial charge in [-0.1, -0.05) is 13.8 Å². The van der Waals surface area contributed by atoms with Gasteiger partial charge < -0.3 is 14.5 Å². The molecule has 0 saturated heterocycles. The molecule has 0 aromatic carbocycles. The number of methoxy groups -OCH3 is 1. The van der Waals surface area contributed by atoms with Crippen LogP contribution < -0.4 is 5.32 Å². The first-order valence-electron chi connectivity index (χ1n) is 5.87. The van der Waals surface area contributed by atoms with Crippen LogP contribution in [0.2, 0.25) is 0 Å². The van der Waals surface area contributed by atoms with Crippen LogP contribution in [0.25, 0.3) is 0 Å². The Bertz CT molecular complexity index is 387. The van der Waals surface area contributed by atoms with E-state index in [1.54, 1.807) is 13.2 Å². The summed E-state index contributed by atoms with van der Waals surface area (Å²) < 4.78 is 10.1. The fraction of sp³-hybridized carbons (Fsp3) is 0.667. The highest BCUT2D eigenvalue weighted by Gasteiger charge is 2.17. The summed E-state index contributed by atoms with van der Waals surface area (Å²) in [6.45, 7) is 6.29. The summed E-state index contributed by atoms with van der Waals surface area (Å²) in [6.07, 6.45) is 0.953. The third-order valence-corrected chi connectivity index (χ3v) is 2.71. The summed E-state index contributed by atoms with van der Waals surface area (Å²) in [7, 11) is 1.69. The molecule has 0 aliphatic heterocycles. The van der Waals surface area contributed by atoms with Crippen molar-refractivity contribution in [2.24, 2.45) is 5.41 Å². The summed E-state index contributed by atoms with van der Waals surface area (Å²) in [4.78, 5) is 9.91. The van der Waals surface area contributed by atoms with Crippen molar-refractivity contribution in [1.82, 2.24) is 5.32 Å². The lowest BCUT2D eigenvalue weighted by Gasteiger charge is -2.24. The number of nitrogens with one attached hydrogen (secondary N) is 1. The van der Waals surface area contributed by atoms with Crippen LogP contribution in [0.1, 0.15) is 26.0 Å². The minimum Gasteiger partial charge on any atom is -0.404 e. The van der Waals surface area contributed by atoms with Gasteiger partial charge in [-0.25, -0.2) is 0 Å². The standard InChI is InChI=1S/C12H20N2O4/c1-12(2,6-7-17-3)9-13-8-10-4-5-11(18-10)14(15)16/h4-5,13H,6-9H2,1-3H3. The quantitative estimate of drug-likeness (QED) is 0.570. The fourth-order valence-electron chi connectivity index (χ4n) is 1.55. The van der Waals surface area contributed by atoms with Crippen molar-refractivity contribution >= 4 is 5.88 Å². The second-order valence-corrected chi connectivity index (χ2v) is 5.01. The lowest BCUT2D eigenvalue weighted by atomic mass is 9.90. The van der Waals surface area contributed by atoms with Gasteiger partial charge in [-0.3, -0.25) is 10.1 Å². The molecule has 6 nitrogen and oxygen atoms in total. The number of rotatable bonds is 8. The van der Waals surface area contributed by atoms with Gasteiger partial charge in [0.2, 0.25) is 0 Å². The third-order valence-electron chi connectivity index (χ3n) is 2.71. The predicted molar refractivity (Wildman–Crippen MR) is 67.3 cm³/mol. The molecule has 0 spiro atoms. The van der Waals surface area contributed by atoms with Crippen molar-refractivity contribution in [3.63, 3.8) is 0 Å². The van der Waals surface area contributed by atoms with Crippen molar-refractivity contribution < 1.29 is 14.1 Å². The van der Waals surface area contributed by atoms with Crippen LogP contribution in [0, 0.1) is 15.5 Å². The Hall–Kier alpha value is -1.40. The second kappa shape index (κ2) is 6.51. The van der Waals surface area contributed by atoms with E-state index >= 15 is 0 Å². The van der Waals surface area contributed by atoms with E-state index in [1.807, 2.05) is 0 Å². The number of hydrogen-bond donors (Lipinski definition) is 1. The van der Waals surface area contributed by atoms with E-state index in [2.05, 4.69) is 19.2 Å². The fourth-order valence-corrected chi connectivity index (χ4v) is 1.55. The maximum absolute atomic E-state index is 10.4. The van der Waals surface area contributed by atoms with Crippen molar-refractivity contribution in [2.75, 3.05) is 20.3 Å². The van der Waals surface area contributed by atoms with Crippen LogP contribution in [0.3, 0.4) is 0 Å². The lowest BCUT2D eigenvalue weighted by Crippen LogP contribution is -2.30. The largest absolute Gasteiger partial charge is 0.433 e. The Morgan fingerprint density at radius 1 is 1.50 bits per heavy atom. The minimum atomic E-state index is -0.536. The molecule has 1 aromatic heterocycles. The molecule has 0 radical (unpaired) electrons. The second-order valence-electron chi connectivity index (χ2n) is 5.01. The zero-order valence-corrected chi connectivity index (χ0v) is 11.1. The minimum absolute atomic E-state index is 0.120. The van der Waals surface area contributed by atoms with Crippen molar-refractivity contribution in [3.8, 4) is 0 Å². The van der Waals surface area contributed by atoms with E-state index in [4.69, 9.17) is 9.15 Å². The maximum Gasteiger partial charge on any atom is 0.433 e. The lowest BCUT2D eigenvalue weighted by molar-refractivity contribution is -0.402. The molecule has 1 N–H and O–H groups in total. The monoisotopic (exact) mass is 256 g/mol. The topological polar surface area (TPSA) is 77.5 Å². The summed E-state index contributed by atoms with van der Waals surface area (Å²) in [5, 5.41) is 13.7. The zero-order valence-electron chi connectivity index (χ0n) is 11.1. The van der Waals surface area contributed by atoms with Crippen LogP contribution in [0.15, 0.2) is 16.5 Å². The number of furan rings is 1. The van der Waals surface area contributed by atoms with Crippen LogP contribution in [0.4, 0.5) is 5.88 Å². The van der Waals surface area contributed by atoms with Gasteiger partial charge in [-0.2, -0.15) is 0 Å². The first-order chi connectivity index (χ1) is 8.44. The van der Waals surface area contributed by atoms with Gasteiger partial charge in [-0.15, -0.1) is 0 Å². The van der Waals surface area contributed by atoms with Gasteiger partial charge in [0.25, 0.3) is 0 Å². The molecule has 0 amide bonds. The highest BCUT2D eigenvalue weighted by molar-refractivity contribution is 5.17. The maximum atomic E-state index is 10.4. The van der Waals surface area contributed by atoms with Crippen molar-refractivity contribution in [2.45, 2.75) is 26.8 Å². The molecule has 0 saturated carbocycles. The van der Waals surface area contributed by atoms with E-state index in [9.17, 15) is 10.1 Å². The highest BCUT2D eigenvalue weighted by Crippen LogP contribution is 2.19. The van der Waals surface area contributed by atoms with E-state index in [1.165, 1.54) is 6.07 Å². The average Bonchev–Trinajstić information content (AvgIpc) is 2.75. The van der Waals surface area contributed by atoms with Crippen LogP contribution in [-0.2, 0) is 11.3 Å². The highest BCUT2D eigenvalue weighted by atomic mass is 16.6. The molecule has 1 aromatic rings. The molecule has 0 fully saturated rings. The Balaban J connectivity index is 2.34. The Kier molecular flexibility index (Phi) is 5.30. The molecule has 102 valence electrons. The molecule has 6 heteroatoms. The molecule has 0 atom stereocenters. The summed E-state index contributed by atoms with van der Waals surface area (Å²) in [5.41, 5.74) is 0.120. The molecule has 0 unspecified atom stereocenters. The first kappa shape index (κ1) is 14.7. The summed E-state index contributed by atoms with van der Waals surface area (Å²) >= 11 is 0. The van der Waals surface area contributed by atoms with E-state index in [0.717, 1.165) is 19.6 Å².